The summed E-state index contributed by atoms with van der Waals surface area (Å²) in [5.74, 6) is -0.159. The molecule has 1 heterocycles. The number of hydrogen-bond acceptors (Lipinski definition) is 4. The van der Waals surface area contributed by atoms with E-state index in [1.165, 1.54) is 0 Å². The molecule has 0 aromatic rings. The zero-order chi connectivity index (χ0) is 11.5. The van der Waals surface area contributed by atoms with E-state index in [1.807, 2.05) is 6.08 Å². The van der Waals surface area contributed by atoms with Gasteiger partial charge in [-0.25, -0.2) is 0 Å². The number of aliphatic hydroxyl groups excluding tert-OH is 1. The van der Waals surface area contributed by atoms with Crippen LogP contribution in [0.15, 0.2) is 12.2 Å². The third-order valence-corrected chi connectivity index (χ3v) is 3.47. The van der Waals surface area contributed by atoms with E-state index in [0.717, 1.165) is 32.7 Å². The number of morpholine rings is 1. The number of Topliss-reactive ketones (excluding diaryl/α,β-unsaturated/α-hetero) is 1. The second-order valence-corrected chi connectivity index (χ2v) is 4.54. The molecule has 4 heteroatoms. The summed E-state index contributed by atoms with van der Waals surface area (Å²) in [6.45, 7) is 4.91. The third-order valence-electron chi connectivity index (χ3n) is 3.47. The van der Waals surface area contributed by atoms with Crippen molar-refractivity contribution < 1.29 is 14.6 Å². The Balaban J connectivity index is 2.01. The summed E-state index contributed by atoms with van der Waals surface area (Å²) < 4.78 is 5.30. The van der Waals surface area contributed by atoms with Gasteiger partial charge >= 0.3 is 0 Å². The molecule has 1 fully saturated rings. The molecule has 0 radical (unpaired) electrons. The lowest BCUT2D eigenvalue weighted by Gasteiger charge is -2.37. The third kappa shape index (κ3) is 2.51. The molecule has 2 aliphatic rings. The Kier molecular flexibility index (Phi) is 3.74. The van der Waals surface area contributed by atoms with E-state index in [-0.39, 0.29) is 17.7 Å². The van der Waals surface area contributed by atoms with Gasteiger partial charge in [-0.1, -0.05) is 12.2 Å². The number of ether oxygens (including phenoxy) is 1. The highest BCUT2D eigenvalue weighted by Crippen LogP contribution is 2.24. The van der Waals surface area contributed by atoms with Gasteiger partial charge in [0.2, 0.25) is 0 Å². The van der Waals surface area contributed by atoms with Crippen molar-refractivity contribution in [2.24, 2.45) is 5.92 Å². The van der Waals surface area contributed by atoms with Gasteiger partial charge in [0, 0.05) is 25.0 Å². The van der Waals surface area contributed by atoms with Crippen molar-refractivity contribution in [1.29, 1.82) is 0 Å². The van der Waals surface area contributed by atoms with Gasteiger partial charge in [-0.15, -0.1) is 0 Å². The van der Waals surface area contributed by atoms with Gasteiger partial charge in [-0.3, -0.25) is 9.69 Å². The molecule has 1 N–H and O–H groups in total. The second-order valence-electron chi connectivity index (χ2n) is 4.54. The maximum Gasteiger partial charge on any atom is 0.135 e. The molecular formula is C12H19NO3. The molecule has 1 aliphatic heterocycles. The number of carbonyl (C=O) groups excluding carboxylic acids is 1. The van der Waals surface area contributed by atoms with Crippen LogP contribution in [0.1, 0.15) is 13.3 Å². The van der Waals surface area contributed by atoms with E-state index < -0.39 is 6.10 Å². The minimum absolute atomic E-state index is 0.0788. The average Bonchev–Trinajstić information content (AvgIpc) is 2.30. The lowest BCUT2D eigenvalue weighted by molar-refractivity contribution is -0.124. The number of carbonyl (C=O) groups is 1. The van der Waals surface area contributed by atoms with Crippen LogP contribution < -0.4 is 0 Å². The Bertz CT molecular complexity index is 284. The van der Waals surface area contributed by atoms with Crippen molar-refractivity contribution in [2.75, 3.05) is 26.3 Å². The zero-order valence-corrected chi connectivity index (χ0v) is 9.63. The molecule has 1 saturated heterocycles. The first-order chi connectivity index (χ1) is 7.68. The number of aliphatic hydroxyl groups is 1. The fraction of sp³-hybridized carbons (Fsp3) is 0.750. The first-order valence-electron chi connectivity index (χ1n) is 5.87. The van der Waals surface area contributed by atoms with Gasteiger partial charge in [0.05, 0.1) is 19.3 Å². The second kappa shape index (κ2) is 5.08. The summed E-state index contributed by atoms with van der Waals surface area (Å²) >= 11 is 0. The number of nitrogens with zero attached hydrogens (tertiary/aromatic N) is 1. The van der Waals surface area contributed by atoms with Crippen LogP contribution in [0, 0.1) is 5.92 Å². The summed E-state index contributed by atoms with van der Waals surface area (Å²) in [6, 6.07) is 0.279. The van der Waals surface area contributed by atoms with Crippen molar-refractivity contribution >= 4 is 5.78 Å². The molecule has 1 unspecified atom stereocenters. The van der Waals surface area contributed by atoms with E-state index in [1.54, 1.807) is 13.0 Å². The molecule has 0 saturated carbocycles. The molecule has 3 atom stereocenters. The van der Waals surface area contributed by atoms with E-state index in [2.05, 4.69) is 4.90 Å². The fourth-order valence-corrected chi connectivity index (χ4v) is 2.44. The number of ketones is 1. The summed E-state index contributed by atoms with van der Waals surface area (Å²) in [5, 5.41) is 9.70. The lowest BCUT2D eigenvalue weighted by atomic mass is 9.85. The quantitative estimate of drug-likeness (QED) is 0.683. The van der Waals surface area contributed by atoms with Gasteiger partial charge < -0.3 is 9.84 Å². The van der Waals surface area contributed by atoms with E-state index in [9.17, 15) is 9.90 Å². The normalized spacial score (nSPS) is 36.2. The topological polar surface area (TPSA) is 49.8 Å². The Morgan fingerprint density at radius 3 is 2.69 bits per heavy atom. The lowest BCUT2D eigenvalue weighted by Crippen LogP contribution is -2.46. The SMILES string of the molecule is CC(=O)C1C[C@@H](N2CCOCC2)C=C[C@H]1O. The highest BCUT2D eigenvalue weighted by atomic mass is 16.5. The maximum absolute atomic E-state index is 11.4. The molecular weight excluding hydrogens is 206 g/mol. The smallest absolute Gasteiger partial charge is 0.135 e. The van der Waals surface area contributed by atoms with Gasteiger partial charge in [0.1, 0.15) is 5.78 Å². The van der Waals surface area contributed by atoms with Crippen LogP contribution in [0.4, 0.5) is 0 Å². The van der Waals surface area contributed by atoms with Crippen molar-refractivity contribution in [3.8, 4) is 0 Å². The molecule has 90 valence electrons. The largest absolute Gasteiger partial charge is 0.388 e. The molecule has 0 amide bonds. The summed E-state index contributed by atoms with van der Waals surface area (Å²) in [7, 11) is 0. The summed E-state index contributed by atoms with van der Waals surface area (Å²) in [6.07, 6.45) is 3.91. The molecule has 0 aromatic heterocycles. The molecule has 16 heavy (non-hydrogen) atoms. The van der Waals surface area contributed by atoms with Gasteiger partial charge in [-0.2, -0.15) is 0 Å². The molecule has 0 bridgehead atoms. The number of hydrogen-bond donors (Lipinski definition) is 1. The van der Waals surface area contributed by atoms with Crippen LogP contribution >= 0.6 is 0 Å². The molecule has 2 rings (SSSR count). The van der Waals surface area contributed by atoms with Gasteiger partial charge in [-0.05, 0) is 13.3 Å². The van der Waals surface area contributed by atoms with E-state index in [0.29, 0.717) is 0 Å². The van der Waals surface area contributed by atoms with Crippen molar-refractivity contribution in [2.45, 2.75) is 25.5 Å². The standard InChI is InChI=1S/C12H19NO3/c1-9(14)11-8-10(2-3-12(11)15)13-4-6-16-7-5-13/h2-3,10-12,15H,4-8H2,1H3/t10-,11?,12+/m0/s1. The van der Waals surface area contributed by atoms with Crippen molar-refractivity contribution in [1.82, 2.24) is 4.90 Å². The van der Waals surface area contributed by atoms with E-state index >= 15 is 0 Å². The molecule has 1 aliphatic carbocycles. The van der Waals surface area contributed by atoms with Crippen molar-refractivity contribution in [3.63, 3.8) is 0 Å². The zero-order valence-electron chi connectivity index (χ0n) is 9.63. The van der Waals surface area contributed by atoms with Gasteiger partial charge in [0.25, 0.3) is 0 Å². The van der Waals surface area contributed by atoms with Crippen LogP contribution in [-0.2, 0) is 9.53 Å². The summed E-state index contributed by atoms with van der Waals surface area (Å²) in [5.41, 5.74) is 0. The van der Waals surface area contributed by atoms with Crippen LogP contribution in [0.5, 0.6) is 0 Å². The molecule has 4 nitrogen and oxygen atoms in total. The number of rotatable bonds is 2. The Labute approximate surface area is 95.9 Å². The Hall–Kier alpha value is -0.710. The fourth-order valence-electron chi connectivity index (χ4n) is 2.44. The Morgan fingerprint density at radius 1 is 1.38 bits per heavy atom. The monoisotopic (exact) mass is 225 g/mol. The van der Waals surface area contributed by atoms with Crippen LogP contribution in [0.3, 0.4) is 0 Å². The van der Waals surface area contributed by atoms with E-state index in [4.69, 9.17) is 4.74 Å². The molecule has 0 spiro atoms. The highest BCUT2D eigenvalue weighted by molar-refractivity contribution is 5.79. The molecule has 0 aromatic carbocycles. The van der Waals surface area contributed by atoms with Crippen molar-refractivity contribution in [3.05, 3.63) is 12.2 Å². The minimum Gasteiger partial charge on any atom is -0.388 e. The van der Waals surface area contributed by atoms with Crippen LogP contribution in [0.25, 0.3) is 0 Å². The van der Waals surface area contributed by atoms with Gasteiger partial charge in [0.15, 0.2) is 0 Å². The minimum atomic E-state index is -0.602. The first kappa shape index (κ1) is 11.8. The Morgan fingerprint density at radius 2 is 2.06 bits per heavy atom. The van der Waals surface area contributed by atoms with Crippen LogP contribution in [0.2, 0.25) is 0 Å². The average molecular weight is 225 g/mol. The predicted octanol–water partition coefficient (Wildman–Crippen LogP) is 0.213. The summed E-state index contributed by atoms with van der Waals surface area (Å²) in [4.78, 5) is 13.7. The highest BCUT2D eigenvalue weighted by Gasteiger charge is 2.31. The predicted molar refractivity (Wildman–Crippen MR) is 60.1 cm³/mol. The maximum atomic E-state index is 11.4. The first-order valence-corrected chi connectivity index (χ1v) is 5.87. The van der Waals surface area contributed by atoms with Crippen LogP contribution in [-0.4, -0.2) is 54.2 Å².